The second-order valence-corrected chi connectivity index (χ2v) is 6.86. The fourth-order valence-electron chi connectivity index (χ4n) is 3.33. The van der Waals surface area contributed by atoms with Crippen molar-refractivity contribution in [2.24, 2.45) is 7.05 Å². The third-order valence-corrected chi connectivity index (χ3v) is 4.94. The van der Waals surface area contributed by atoms with Crippen LogP contribution in [0.4, 0.5) is 0 Å². The van der Waals surface area contributed by atoms with Crippen LogP contribution in [-0.4, -0.2) is 35.0 Å². The summed E-state index contributed by atoms with van der Waals surface area (Å²) in [6.45, 7) is 4.11. The molecule has 4 aromatic rings. The Morgan fingerprint density at radius 2 is 1.93 bits per heavy atom. The average molecular weight is 391 g/mol. The molecule has 0 saturated heterocycles. The molecule has 148 valence electrons. The third-order valence-electron chi connectivity index (χ3n) is 4.94. The summed E-state index contributed by atoms with van der Waals surface area (Å²) in [5.74, 6) is -0.275. The van der Waals surface area contributed by atoms with E-state index in [0.29, 0.717) is 17.6 Å². The monoisotopic (exact) mass is 391 g/mol. The van der Waals surface area contributed by atoms with Crippen molar-refractivity contribution in [3.8, 4) is 5.69 Å². The molecule has 1 amide bonds. The van der Waals surface area contributed by atoms with E-state index in [-0.39, 0.29) is 18.0 Å². The number of amides is 1. The highest BCUT2D eigenvalue weighted by Gasteiger charge is 2.15. The first-order chi connectivity index (χ1) is 14.0. The van der Waals surface area contributed by atoms with Crippen molar-refractivity contribution >= 4 is 16.9 Å². The summed E-state index contributed by atoms with van der Waals surface area (Å²) in [7, 11) is 1.71. The fourth-order valence-corrected chi connectivity index (χ4v) is 3.33. The molecular weight excluding hydrogens is 370 g/mol. The molecule has 0 spiro atoms. The minimum Gasteiger partial charge on any atom is -0.350 e. The highest BCUT2D eigenvalue weighted by atomic mass is 16.2. The van der Waals surface area contributed by atoms with Crippen LogP contribution in [0.5, 0.6) is 0 Å². The first-order valence-electron chi connectivity index (χ1n) is 9.20. The summed E-state index contributed by atoms with van der Waals surface area (Å²) in [4.78, 5) is 29.1. The molecule has 1 N–H and O–H groups in total. The Morgan fingerprint density at radius 3 is 2.69 bits per heavy atom. The van der Waals surface area contributed by atoms with Crippen LogP contribution in [-0.2, 0) is 24.9 Å². The van der Waals surface area contributed by atoms with Gasteiger partial charge in [-0.1, -0.05) is 18.2 Å². The number of para-hydroxylation sites is 1. The van der Waals surface area contributed by atoms with Crippen molar-refractivity contribution in [1.29, 1.82) is 0 Å². The molecule has 0 atom stereocenters. The predicted octanol–water partition coefficient (Wildman–Crippen LogP) is 1.25. The second-order valence-electron chi connectivity index (χ2n) is 6.86. The Kier molecular flexibility index (Phi) is 4.71. The van der Waals surface area contributed by atoms with Gasteiger partial charge in [-0.2, -0.15) is 10.2 Å². The summed E-state index contributed by atoms with van der Waals surface area (Å²) in [5, 5.41) is 11.9. The quantitative estimate of drug-likeness (QED) is 0.552. The number of hydrogen-bond donors (Lipinski definition) is 1. The van der Waals surface area contributed by atoms with Gasteiger partial charge in [-0.3, -0.25) is 18.8 Å². The number of nitrogens with one attached hydrogen (secondary N) is 1. The van der Waals surface area contributed by atoms with Crippen molar-refractivity contribution in [2.75, 3.05) is 0 Å². The zero-order valence-electron chi connectivity index (χ0n) is 16.5. The lowest BCUT2D eigenvalue weighted by Gasteiger charge is -2.08. The van der Waals surface area contributed by atoms with Gasteiger partial charge in [-0.25, -0.2) is 9.67 Å². The molecule has 0 aliphatic heterocycles. The molecule has 9 nitrogen and oxygen atoms in total. The minimum absolute atomic E-state index is 0.110. The Morgan fingerprint density at radius 1 is 1.17 bits per heavy atom. The number of nitrogens with zero attached hydrogens (tertiary/aromatic N) is 6. The third kappa shape index (κ3) is 3.42. The lowest BCUT2D eigenvalue weighted by molar-refractivity contribution is -0.121. The highest BCUT2D eigenvalue weighted by molar-refractivity contribution is 5.77. The molecule has 1 aromatic carbocycles. The molecule has 0 fully saturated rings. The average Bonchev–Trinajstić information content (AvgIpc) is 3.23. The molecule has 29 heavy (non-hydrogen) atoms. The van der Waals surface area contributed by atoms with Crippen molar-refractivity contribution in [1.82, 2.24) is 34.4 Å². The minimum atomic E-state index is -0.289. The molecule has 3 aromatic heterocycles. The van der Waals surface area contributed by atoms with Crippen molar-refractivity contribution in [3.05, 3.63) is 70.2 Å². The molecule has 0 unspecified atom stereocenters. The van der Waals surface area contributed by atoms with Gasteiger partial charge in [0.1, 0.15) is 18.3 Å². The van der Waals surface area contributed by atoms with Crippen LogP contribution in [0, 0.1) is 13.8 Å². The summed E-state index contributed by atoms with van der Waals surface area (Å²) in [5.41, 5.74) is 3.93. The summed E-state index contributed by atoms with van der Waals surface area (Å²) in [6.07, 6.45) is 2.83. The van der Waals surface area contributed by atoms with Gasteiger partial charge < -0.3 is 5.32 Å². The maximum Gasteiger partial charge on any atom is 0.264 e. The Hall–Kier alpha value is -3.75. The lowest BCUT2D eigenvalue weighted by atomic mass is 10.2. The standard InChI is InChI=1S/C20H21N7O2/c1-13-16(14(2)27(24-13)15-7-5-4-6-8-15)9-21-18(28)11-26-12-22-19-17(20(26)29)10-23-25(19)3/h4-8,10,12H,9,11H2,1-3H3,(H,21,28). The van der Waals surface area contributed by atoms with Gasteiger partial charge in [0.15, 0.2) is 5.65 Å². The van der Waals surface area contributed by atoms with Gasteiger partial charge in [0, 0.05) is 24.8 Å². The largest absolute Gasteiger partial charge is 0.350 e. The van der Waals surface area contributed by atoms with Gasteiger partial charge in [-0.05, 0) is 26.0 Å². The number of aromatic nitrogens is 6. The molecule has 4 rings (SSSR count). The van der Waals surface area contributed by atoms with Crippen LogP contribution >= 0.6 is 0 Å². The van der Waals surface area contributed by atoms with Crippen LogP contribution in [0.2, 0.25) is 0 Å². The highest BCUT2D eigenvalue weighted by Crippen LogP contribution is 2.17. The topological polar surface area (TPSA) is 99.6 Å². The predicted molar refractivity (Wildman–Crippen MR) is 108 cm³/mol. The number of hydrogen-bond acceptors (Lipinski definition) is 5. The summed E-state index contributed by atoms with van der Waals surface area (Å²) in [6, 6.07) is 9.83. The summed E-state index contributed by atoms with van der Waals surface area (Å²) < 4.78 is 4.67. The first-order valence-corrected chi connectivity index (χ1v) is 9.20. The van der Waals surface area contributed by atoms with Crippen LogP contribution in [0.25, 0.3) is 16.7 Å². The van der Waals surface area contributed by atoms with E-state index in [1.807, 2.05) is 48.9 Å². The molecule has 0 aliphatic rings. The zero-order valence-corrected chi connectivity index (χ0v) is 16.5. The smallest absolute Gasteiger partial charge is 0.264 e. The van der Waals surface area contributed by atoms with E-state index < -0.39 is 0 Å². The van der Waals surface area contributed by atoms with E-state index in [2.05, 4.69) is 20.5 Å². The molecule has 0 aliphatic carbocycles. The normalized spacial score (nSPS) is 11.1. The lowest BCUT2D eigenvalue weighted by Crippen LogP contribution is -2.32. The number of carbonyl (C=O) groups is 1. The van der Waals surface area contributed by atoms with Crippen LogP contribution in [0.3, 0.4) is 0 Å². The van der Waals surface area contributed by atoms with E-state index in [1.54, 1.807) is 7.05 Å². The molecule has 0 radical (unpaired) electrons. The van der Waals surface area contributed by atoms with Crippen molar-refractivity contribution in [2.45, 2.75) is 26.9 Å². The zero-order chi connectivity index (χ0) is 20.5. The molecule has 9 heteroatoms. The Balaban J connectivity index is 1.49. The number of rotatable bonds is 5. The van der Waals surface area contributed by atoms with Gasteiger partial charge in [0.25, 0.3) is 5.56 Å². The number of fused-ring (bicyclic) bond motifs is 1. The van der Waals surface area contributed by atoms with Gasteiger partial charge >= 0.3 is 0 Å². The number of benzene rings is 1. The molecule has 0 saturated carbocycles. The van der Waals surface area contributed by atoms with E-state index in [4.69, 9.17) is 0 Å². The van der Waals surface area contributed by atoms with E-state index in [0.717, 1.165) is 22.6 Å². The Bertz CT molecular complexity index is 1250. The molecule has 0 bridgehead atoms. The first kappa shape index (κ1) is 18.6. The number of aryl methyl sites for hydroxylation is 2. The summed E-state index contributed by atoms with van der Waals surface area (Å²) >= 11 is 0. The van der Waals surface area contributed by atoms with Crippen LogP contribution in [0.15, 0.2) is 47.7 Å². The van der Waals surface area contributed by atoms with Crippen LogP contribution in [0.1, 0.15) is 17.0 Å². The Labute approximate surface area is 166 Å². The van der Waals surface area contributed by atoms with E-state index >= 15 is 0 Å². The second kappa shape index (κ2) is 7.34. The van der Waals surface area contributed by atoms with Gasteiger partial charge in [0.05, 0.1) is 17.6 Å². The van der Waals surface area contributed by atoms with Crippen LogP contribution < -0.4 is 10.9 Å². The number of carbonyl (C=O) groups excluding carboxylic acids is 1. The molecule has 3 heterocycles. The maximum atomic E-state index is 12.5. The SMILES string of the molecule is Cc1nn(-c2ccccc2)c(C)c1CNC(=O)Cn1cnc2c(cnn2C)c1=O. The van der Waals surface area contributed by atoms with E-state index in [9.17, 15) is 9.59 Å². The van der Waals surface area contributed by atoms with Crippen molar-refractivity contribution in [3.63, 3.8) is 0 Å². The fraction of sp³-hybridized carbons (Fsp3) is 0.250. The van der Waals surface area contributed by atoms with Crippen molar-refractivity contribution < 1.29 is 4.79 Å². The van der Waals surface area contributed by atoms with Gasteiger partial charge in [0.2, 0.25) is 5.91 Å². The van der Waals surface area contributed by atoms with Gasteiger partial charge in [-0.15, -0.1) is 0 Å². The maximum absolute atomic E-state index is 12.5. The van der Waals surface area contributed by atoms with E-state index in [1.165, 1.54) is 21.8 Å². The molecular formula is C20H21N7O2.